The van der Waals surface area contributed by atoms with Gasteiger partial charge in [-0.1, -0.05) is 260 Å². The molecule has 0 aliphatic heterocycles. The first-order valence-corrected chi connectivity index (χ1v) is 35.9. The molecule has 0 amide bonds. The predicted molar refractivity (Wildman–Crippen MR) is 418 cm³/mol. The minimum Gasteiger partial charge on any atom is -0.282 e. The molecule has 3 heterocycles. The number of fused-ring (bicyclic) bond motifs is 19. The lowest BCUT2D eigenvalue weighted by atomic mass is 9.75. The molecule has 5 aliphatic carbocycles. The summed E-state index contributed by atoms with van der Waals surface area (Å²) in [5.74, 6) is 1.97. The summed E-state index contributed by atoms with van der Waals surface area (Å²) in [5.41, 5.74) is 36.9. The zero-order valence-corrected chi connectivity index (χ0v) is 57.5. The summed E-state index contributed by atoms with van der Waals surface area (Å²) in [6, 6.07) is 103. The van der Waals surface area contributed by atoms with E-state index < -0.39 is 0 Å². The highest BCUT2D eigenvalue weighted by atomic mass is 15.3. The van der Waals surface area contributed by atoms with Crippen LogP contribution in [0.2, 0.25) is 0 Å². The van der Waals surface area contributed by atoms with E-state index in [9.17, 15) is 0 Å². The van der Waals surface area contributed by atoms with E-state index in [0.717, 1.165) is 57.5 Å². The van der Waals surface area contributed by atoms with Gasteiger partial charge >= 0.3 is 0 Å². The van der Waals surface area contributed by atoms with Crippen molar-refractivity contribution in [2.45, 2.75) is 83.0 Å². The molecule has 0 bridgehead atoms. The second kappa shape index (κ2) is 21.1. The first kappa shape index (κ1) is 58.2. The van der Waals surface area contributed by atoms with Crippen molar-refractivity contribution in [1.29, 1.82) is 0 Å². The van der Waals surface area contributed by atoms with Gasteiger partial charge in [0.1, 0.15) is 0 Å². The van der Waals surface area contributed by atoms with E-state index in [0.29, 0.717) is 17.7 Å². The fourth-order valence-electron chi connectivity index (χ4n) is 18.9. The van der Waals surface area contributed by atoms with E-state index in [4.69, 9.17) is 15.0 Å². The molecule has 0 spiro atoms. The third kappa shape index (κ3) is 8.47. The zero-order chi connectivity index (χ0) is 67.4. The van der Waals surface area contributed by atoms with Gasteiger partial charge in [0, 0.05) is 55.1 Å². The Balaban J connectivity index is 0.683. The molecule has 5 nitrogen and oxygen atoms in total. The van der Waals surface area contributed by atoms with E-state index in [1.165, 1.54) is 150 Å². The molecule has 21 rings (SSSR count). The Hall–Kier alpha value is -11.8. The third-order valence-corrected chi connectivity index (χ3v) is 24.1. The molecule has 101 heavy (non-hydrogen) atoms. The van der Waals surface area contributed by atoms with Gasteiger partial charge in [-0.3, -0.25) is 9.13 Å². The van der Waals surface area contributed by atoms with Crippen LogP contribution in [-0.2, 0) is 29.1 Å². The largest absolute Gasteiger partial charge is 0.282 e. The van der Waals surface area contributed by atoms with Crippen molar-refractivity contribution in [3.05, 3.63) is 340 Å². The normalized spacial score (nSPS) is 15.9. The minimum atomic E-state index is -0.0688. The summed E-state index contributed by atoms with van der Waals surface area (Å²) in [6.45, 7) is 14.1. The Bertz CT molecular complexity index is 6360. The summed E-state index contributed by atoms with van der Waals surface area (Å²) in [4.78, 5) is 17.0. The maximum Gasteiger partial charge on any atom is 0.240 e. The van der Waals surface area contributed by atoms with E-state index in [2.05, 4.69) is 330 Å². The average molecular weight is 1290 g/mol. The smallest absolute Gasteiger partial charge is 0.240 e. The first-order valence-electron chi connectivity index (χ1n) is 35.9. The number of rotatable bonds is 7. The molecule has 0 saturated heterocycles. The summed E-state index contributed by atoms with van der Waals surface area (Å²) >= 11 is 0. The number of benzene rings is 13. The van der Waals surface area contributed by atoms with Crippen molar-refractivity contribution in [3.63, 3.8) is 0 Å². The number of aromatic nitrogens is 5. The molecule has 13 aromatic carbocycles. The molecule has 3 aromatic heterocycles. The minimum absolute atomic E-state index is 0.0258. The van der Waals surface area contributed by atoms with Gasteiger partial charge in [0.15, 0.2) is 5.82 Å². The van der Waals surface area contributed by atoms with Crippen LogP contribution in [0.15, 0.2) is 273 Å². The Morgan fingerprint density at radius 3 is 1.45 bits per heavy atom. The number of nitrogens with zero attached hydrogens (tertiary/aromatic N) is 5. The number of hydrogen-bond donors (Lipinski definition) is 0. The van der Waals surface area contributed by atoms with Crippen molar-refractivity contribution in [2.24, 2.45) is 0 Å². The third-order valence-electron chi connectivity index (χ3n) is 24.1. The van der Waals surface area contributed by atoms with Gasteiger partial charge in [0.2, 0.25) is 11.9 Å². The standard InChI is InChI=1S/C96H71N5/c1-94(2)81-26-14-9-21-69(81)76-50-59(37-42-84(76)94)58-32-35-65-55-75(68-20-8-7-19-67(68)74(65)49-58)64-34-31-57-48-66(36-33-56(57)47-64)91-97-92(100-87-29-17-12-24-72(87)79-53-62(40-45-89(79)100)60-38-43-85-77(51-60)70-22-10-15-27-82(70)95(85,3)4)99-93(98-91)101-88-30-18-13-25-73(88)80-54-63(41-46-90(80)101)61-39-44-86-78(52-61)71-23-11-16-28-83(71)96(86,5)6/h7-40,42-45,47-54,75H,41,46,55H2,1-6H3. The Morgan fingerprint density at radius 1 is 0.327 bits per heavy atom. The Morgan fingerprint density at radius 2 is 0.792 bits per heavy atom. The van der Waals surface area contributed by atoms with E-state index >= 15 is 0 Å². The molecule has 0 fully saturated rings. The van der Waals surface area contributed by atoms with Crippen LogP contribution in [0.3, 0.4) is 0 Å². The summed E-state index contributed by atoms with van der Waals surface area (Å²) in [5, 5.41) is 5.78. The highest BCUT2D eigenvalue weighted by Crippen LogP contribution is 2.54. The van der Waals surface area contributed by atoms with Crippen LogP contribution in [0, 0.1) is 0 Å². The van der Waals surface area contributed by atoms with Gasteiger partial charge in [-0.25, -0.2) is 0 Å². The molecule has 480 valence electrons. The maximum atomic E-state index is 5.70. The van der Waals surface area contributed by atoms with E-state index in [1.54, 1.807) is 0 Å². The summed E-state index contributed by atoms with van der Waals surface area (Å²) in [7, 11) is 0. The van der Waals surface area contributed by atoms with Gasteiger partial charge in [-0.05, 0) is 219 Å². The molecule has 1 atom stereocenters. The average Bonchev–Trinajstić information content (AvgIpc) is 1.63. The molecule has 0 saturated carbocycles. The molecule has 0 radical (unpaired) electrons. The topological polar surface area (TPSA) is 48.5 Å². The lowest BCUT2D eigenvalue weighted by Crippen LogP contribution is -2.14. The number of hydrogen-bond acceptors (Lipinski definition) is 3. The highest BCUT2D eigenvalue weighted by molar-refractivity contribution is 6.10. The van der Waals surface area contributed by atoms with Crippen LogP contribution in [0.4, 0.5) is 0 Å². The van der Waals surface area contributed by atoms with Crippen molar-refractivity contribution >= 4 is 55.1 Å². The lowest BCUT2D eigenvalue weighted by Gasteiger charge is -2.29. The first-order chi connectivity index (χ1) is 49.3. The van der Waals surface area contributed by atoms with Crippen LogP contribution in [-0.4, -0.2) is 24.1 Å². The SMILES string of the molecule is CC1(C)c2ccccc2-c2cc(C3=Cc4c(n(-c5nc(-c6ccc7cc(C8Cc9ccc(-c%10ccc%11c(c%10)-c%10ccccc%10C%11(C)C)cc9-c9ccccc98)ccc7c6)nc(-n6c7ccccc7c7cc(-c8ccc9c(c8)-c8ccccc8C9(C)C)ccc76)n5)c5ccccc45)CC3)ccc21. The van der Waals surface area contributed by atoms with Crippen LogP contribution >= 0.6 is 0 Å². The number of allylic oxidation sites excluding steroid dienone is 1. The van der Waals surface area contributed by atoms with Gasteiger partial charge in [-0.15, -0.1) is 0 Å². The fraction of sp³-hybridized carbons (Fsp3) is 0.135. The zero-order valence-electron chi connectivity index (χ0n) is 57.5. The van der Waals surface area contributed by atoms with Crippen LogP contribution in [0.5, 0.6) is 0 Å². The molecule has 5 heteroatoms. The quantitative estimate of drug-likeness (QED) is 0.160. The van der Waals surface area contributed by atoms with Crippen LogP contribution in [0.1, 0.15) is 121 Å². The van der Waals surface area contributed by atoms with Gasteiger partial charge in [0.05, 0.1) is 16.6 Å². The van der Waals surface area contributed by atoms with E-state index in [-0.39, 0.29) is 22.2 Å². The van der Waals surface area contributed by atoms with Crippen molar-refractivity contribution in [1.82, 2.24) is 24.1 Å². The summed E-state index contributed by atoms with van der Waals surface area (Å²) in [6.07, 6.45) is 5.06. The highest BCUT2D eigenvalue weighted by Gasteiger charge is 2.39. The monoisotopic (exact) mass is 1290 g/mol. The van der Waals surface area contributed by atoms with Gasteiger partial charge < -0.3 is 0 Å². The number of para-hydroxylation sites is 2. The molecular formula is C96H71N5. The van der Waals surface area contributed by atoms with Crippen molar-refractivity contribution in [2.75, 3.05) is 0 Å². The van der Waals surface area contributed by atoms with Crippen LogP contribution in [0.25, 0.3) is 145 Å². The van der Waals surface area contributed by atoms with Crippen LogP contribution < -0.4 is 0 Å². The summed E-state index contributed by atoms with van der Waals surface area (Å²) < 4.78 is 4.61. The van der Waals surface area contributed by atoms with Crippen molar-refractivity contribution < 1.29 is 0 Å². The van der Waals surface area contributed by atoms with E-state index in [1.807, 2.05) is 0 Å². The molecule has 5 aliphatic rings. The molecule has 1 unspecified atom stereocenters. The Kier molecular flexibility index (Phi) is 12.2. The van der Waals surface area contributed by atoms with Gasteiger partial charge in [-0.2, -0.15) is 15.0 Å². The molecule has 16 aromatic rings. The Labute approximate surface area is 588 Å². The molecule has 0 N–H and O–H groups in total. The second-order valence-electron chi connectivity index (χ2n) is 30.6. The predicted octanol–water partition coefficient (Wildman–Crippen LogP) is 23.8. The maximum absolute atomic E-state index is 5.70. The lowest BCUT2D eigenvalue weighted by molar-refractivity contribution is 0.660. The van der Waals surface area contributed by atoms with Gasteiger partial charge in [0.25, 0.3) is 0 Å². The second-order valence-corrected chi connectivity index (χ2v) is 30.6. The van der Waals surface area contributed by atoms with Crippen molar-refractivity contribution in [3.8, 4) is 90.0 Å². The fourth-order valence-corrected chi connectivity index (χ4v) is 18.9. The molecular weight excluding hydrogens is 1220 g/mol.